The van der Waals surface area contributed by atoms with Gasteiger partial charge in [0.1, 0.15) is 5.78 Å². The third-order valence-electron chi connectivity index (χ3n) is 1.89. The number of Topliss-reactive ketones (excluding diaryl/α,β-unsaturated/α-hetero) is 1. The fraction of sp³-hybridized carbons (Fsp3) is 0.889. The molecule has 1 nitrogen and oxygen atoms in total. The fourth-order valence-electron chi connectivity index (χ4n) is 0.700. The lowest BCUT2D eigenvalue weighted by Crippen LogP contribution is -2.28. The van der Waals surface area contributed by atoms with Gasteiger partial charge in [0.2, 0.25) is 0 Å². The number of ketones is 1. The summed E-state index contributed by atoms with van der Waals surface area (Å²) in [5.74, 6) is -1.89. The van der Waals surface area contributed by atoms with Gasteiger partial charge in [-0.25, -0.2) is 0 Å². The summed E-state index contributed by atoms with van der Waals surface area (Å²) in [6.07, 6.45) is -4.69. The van der Waals surface area contributed by atoms with Crippen molar-refractivity contribution in [3.05, 3.63) is 0 Å². The van der Waals surface area contributed by atoms with Crippen LogP contribution in [0.2, 0.25) is 0 Å². The van der Waals surface area contributed by atoms with Gasteiger partial charge >= 0.3 is 6.18 Å². The minimum atomic E-state index is -4.26. The van der Waals surface area contributed by atoms with Crippen LogP contribution in [0.5, 0.6) is 0 Å². The van der Waals surface area contributed by atoms with Gasteiger partial charge in [0.25, 0.3) is 0 Å². The minimum absolute atomic E-state index is 0.350. The van der Waals surface area contributed by atoms with Crippen LogP contribution in [0, 0.1) is 11.3 Å². The van der Waals surface area contributed by atoms with E-state index >= 15 is 0 Å². The fourth-order valence-corrected chi connectivity index (χ4v) is 0.700. The third-order valence-corrected chi connectivity index (χ3v) is 1.89. The summed E-state index contributed by atoms with van der Waals surface area (Å²) in [5, 5.41) is 0. The summed E-state index contributed by atoms with van der Waals surface area (Å²) in [6, 6.07) is 0. The maximum atomic E-state index is 12.0. The van der Waals surface area contributed by atoms with E-state index in [0.717, 1.165) is 6.92 Å². The summed E-state index contributed by atoms with van der Waals surface area (Å²) < 4.78 is 36.1. The Morgan fingerprint density at radius 3 is 1.85 bits per heavy atom. The second-order valence-corrected chi connectivity index (χ2v) is 4.32. The molecule has 0 amide bonds. The predicted octanol–water partition coefficient (Wildman–Crippen LogP) is 3.19. The lowest BCUT2D eigenvalue weighted by molar-refractivity contribution is -0.175. The molecule has 0 fully saturated rings. The van der Waals surface area contributed by atoms with Crippen molar-refractivity contribution >= 4 is 5.78 Å². The van der Waals surface area contributed by atoms with Crippen LogP contribution in [0.25, 0.3) is 0 Å². The first-order chi connectivity index (χ1) is 5.55. The van der Waals surface area contributed by atoms with Gasteiger partial charge in [0.05, 0.1) is 5.92 Å². The number of rotatable bonds is 2. The first-order valence-electron chi connectivity index (χ1n) is 4.15. The number of carbonyl (C=O) groups is 1. The van der Waals surface area contributed by atoms with Crippen LogP contribution in [-0.4, -0.2) is 12.0 Å². The van der Waals surface area contributed by atoms with E-state index in [1.807, 2.05) is 0 Å². The molecule has 0 unspecified atom stereocenters. The van der Waals surface area contributed by atoms with E-state index in [9.17, 15) is 18.0 Å². The van der Waals surface area contributed by atoms with E-state index in [1.165, 1.54) is 0 Å². The number of hydrogen-bond donors (Lipinski definition) is 0. The Balaban J connectivity index is 4.24. The highest BCUT2D eigenvalue weighted by Gasteiger charge is 2.38. The lowest BCUT2D eigenvalue weighted by atomic mass is 9.85. The van der Waals surface area contributed by atoms with E-state index in [0.29, 0.717) is 0 Å². The van der Waals surface area contributed by atoms with Crippen molar-refractivity contribution in [3.63, 3.8) is 0 Å². The van der Waals surface area contributed by atoms with E-state index < -0.39 is 23.9 Å². The average Bonchev–Trinajstić information content (AvgIpc) is 1.82. The molecule has 0 aliphatic carbocycles. The Hall–Kier alpha value is -0.540. The molecule has 1 atom stereocenters. The van der Waals surface area contributed by atoms with Crippen molar-refractivity contribution in [3.8, 4) is 0 Å². The van der Waals surface area contributed by atoms with Crippen molar-refractivity contribution in [2.75, 3.05) is 0 Å². The van der Waals surface area contributed by atoms with Crippen molar-refractivity contribution in [2.45, 2.75) is 40.3 Å². The normalized spacial score (nSPS) is 15.6. The molecule has 13 heavy (non-hydrogen) atoms. The molecule has 0 N–H and O–H groups in total. The molecule has 0 aliphatic rings. The topological polar surface area (TPSA) is 17.1 Å². The molecule has 78 valence electrons. The molecule has 0 aromatic carbocycles. The van der Waals surface area contributed by atoms with Gasteiger partial charge in [-0.3, -0.25) is 4.79 Å². The van der Waals surface area contributed by atoms with Gasteiger partial charge < -0.3 is 0 Å². The van der Waals surface area contributed by atoms with Crippen LogP contribution in [-0.2, 0) is 4.79 Å². The van der Waals surface area contributed by atoms with Crippen molar-refractivity contribution in [2.24, 2.45) is 11.3 Å². The zero-order valence-corrected chi connectivity index (χ0v) is 8.33. The Bertz CT molecular complexity index is 188. The Labute approximate surface area is 76.3 Å². The summed E-state index contributed by atoms with van der Waals surface area (Å²) in [5.41, 5.74) is -0.681. The highest BCUT2D eigenvalue weighted by atomic mass is 19.4. The maximum Gasteiger partial charge on any atom is 0.391 e. The van der Waals surface area contributed by atoms with Crippen LogP contribution in [0.4, 0.5) is 13.2 Å². The van der Waals surface area contributed by atoms with Crippen LogP contribution >= 0.6 is 0 Å². The zero-order chi connectivity index (χ0) is 10.9. The van der Waals surface area contributed by atoms with Crippen molar-refractivity contribution < 1.29 is 18.0 Å². The van der Waals surface area contributed by atoms with E-state index in [-0.39, 0.29) is 5.78 Å². The largest absolute Gasteiger partial charge is 0.391 e. The second kappa shape index (κ2) is 3.68. The monoisotopic (exact) mass is 196 g/mol. The minimum Gasteiger partial charge on any atom is -0.299 e. The van der Waals surface area contributed by atoms with E-state index in [2.05, 4.69) is 0 Å². The zero-order valence-electron chi connectivity index (χ0n) is 8.33. The summed E-state index contributed by atoms with van der Waals surface area (Å²) in [6.45, 7) is 5.90. The molecule has 0 rings (SSSR count). The van der Waals surface area contributed by atoms with E-state index in [4.69, 9.17) is 0 Å². The molecule has 0 aromatic rings. The molecule has 0 bridgehead atoms. The number of halogens is 3. The van der Waals surface area contributed by atoms with Crippen molar-refractivity contribution in [1.82, 2.24) is 0 Å². The first-order valence-corrected chi connectivity index (χ1v) is 4.15. The first kappa shape index (κ1) is 12.5. The van der Waals surface area contributed by atoms with Crippen LogP contribution in [0.15, 0.2) is 0 Å². The highest BCUT2D eigenvalue weighted by molar-refractivity contribution is 5.83. The van der Waals surface area contributed by atoms with Crippen LogP contribution < -0.4 is 0 Å². The molecular weight excluding hydrogens is 181 g/mol. The molecule has 0 saturated carbocycles. The standard InChI is InChI=1S/C9H15F3O/c1-6(9(10,11)12)5-7(13)8(2,3)4/h6H,5H2,1-4H3/t6-/m1/s1. The maximum absolute atomic E-state index is 12.0. The molecule has 0 spiro atoms. The third kappa shape index (κ3) is 4.29. The summed E-state index contributed by atoms with van der Waals surface area (Å²) in [7, 11) is 0. The molecule has 0 aliphatic heterocycles. The van der Waals surface area contributed by atoms with Crippen LogP contribution in [0.3, 0.4) is 0 Å². The smallest absolute Gasteiger partial charge is 0.299 e. The quantitative estimate of drug-likeness (QED) is 0.662. The van der Waals surface area contributed by atoms with Gasteiger partial charge in [-0.15, -0.1) is 0 Å². The van der Waals surface area contributed by atoms with E-state index in [1.54, 1.807) is 20.8 Å². The average molecular weight is 196 g/mol. The van der Waals surface area contributed by atoms with Gasteiger partial charge in [0, 0.05) is 11.8 Å². The predicted molar refractivity (Wildman–Crippen MR) is 44.3 cm³/mol. The number of alkyl halides is 3. The Kier molecular flexibility index (Phi) is 3.53. The molecular formula is C9H15F3O. The van der Waals surface area contributed by atoms with Gasteiger partial charge in [-0.2, -0.15) is 13.2 Å². The SMILES string of the molecule is C[C@H](CC(=O)C(C)(C)C)C(F)(F)F. The van der Waals surface area contributed by atoms with Gasteiger partial charge in [-0.05, 0) is 0 Å². The highest BCUT2D eigenvalue weighted by Crippen LogP contribution is 2.31. The molecule has 4 heteroatoms. The molecule has 0 heterocycles. The molecule has 0 saturated heterocycles. The summed E-state index contributed by atoms with van der Waals surface area (Å²) in [4.78, 5) is 11.2. The summed E-state index contributed by atoms with van der Waals surface area (Å²) >= 11 is 0. The molecule has 0 aromatic heterocycles. The van der Waals surface area contributed by atoms with Crippen molar-refractivity contribution in [1.29, 1.82) is 0 Å². The number of carbonyl (C=O) groups excluding carboxylic acids is 1. The second-order valence-electron chi connectivity index (χ2n) is 4.32. The van der Waals surface area contributed by atoms with Gasteiger partial charge in [-0.1, -0.05) is 27.7 Å². The Morgan fingerprint density at radius 1 is 1.23 bits per heavy atom. The number of hydrogen-bond acceptors (Lipinski definition) is 1. The van der Waals surface area contributed by atoms with Gasteiger partial charge in [0.15, 0.2) is 0 Å². The lowest BCUT2D eigenvalue weighted by Gasteiger charge is -2.21. The van der Waals surface area contributed by atoms with Crippen LogP contribution in [0.1, 0.15) is 34.1 Å². The molecule has 0 radical (unpaired) electrons. The Morgan fingerprint density at radius 2 is 1.62 bits per heavy atom.